The summed E-state index contributed by atoms with van der Waals surface area (Å²) in [5.74, 6) is 0.543. The van der Waals surface area contributed by atoms with Crippen LogP contribution in [0.3, 0.4) is 0 Å². The number of hydrogen-bond donors (Lipinski definition) is 1. The van der Waals surface area contributed by atoms with E-state index in [1.54, 1.807) is 13.2 Å². The highest BCUT2D eigenvalue weighted by molar-refractivity contribution is 7.14. The Bertz CT molecular complexity index is 881. The standard InChI is InChI=1S/C18H20N4O2S/c1-11(2)22-12(3)9-15(21-22)17(23)20-18-19-16(10-25-18)13-5-7-14(24-4)8-6-13/h5-11H,1-4H3,(H,19,20,23). The van der Waals surface area contributed by atoms with Crippen LogP contribution >= 0.6 is 11.3 Å². The lowest BCUT2D eigenvalue weighted by Crippen LogP contribution is -2.13. The fourth-order valence-electron chi connectivity index (χ4n) is 2.51. The Hall–Kier alpha value is -2.67. The fraction of sp³-hybridized carbons (Fsp3) is 0.278. The molecule has 2 heterocycles. The van der Waals surface area contributed by atoms with Crippen LogP contribution in [-0.4, -0.2) is 27.8 Å². The van der Waals surface area contributed by atoms with Crippen LogP contribution in [0.25, 0.3) is 11.3 Å². The summed E-state index contributed by atoms with van der Waals surface area (Å²) in [5, 5.41) is 9.64. The number of carbonyl (C=O) groups excluding carboxylic acids is 1. The molecule has 0 atom stereocenters. The van der Waals surface area contributed by atoms with E-state index in [-0.39, 0.29) is 11.9 Å². The van der Waals surface area contributed by atoms with Crippen LogP contribution in [0.4, 0.5) is 5.13 Å². The molecule has 6 nitrogen and oxygen atoms in total. The van der Waals surface area contributed by atoms with E-state index in [9.17, 15) is 4.79 Å². The van der Waals surface area contributed by atoms with E-state index < -0.39 is 0 Å². The second-order valence-corrected chi connectivity index (χ2v) is 6.79. The maximum atomic E-state index is 12.4. The minimum atomic E-state index is -0.252. The molecule has 0 aliphatic rings. The van der Waals surface area contributed by atoms with Crippen molar-refractivity contribution in [3.8, 4) is 17.0 Å². The molecular weight excluding hydrogens is 336 g/mol. The molecular formula is C18H20N4O2S. The first-order valence-corrected chi connectivity index (χ1v) is 8.83. The van der Waals surface area contributed by atoms with Crippen molar-refractivity contribution in [1.82, 2.24) is 14.8 Å². The van der Waals surface area contributed by atoms with Crippen molar-refractivity contribution in [2.75, 3.05) is 12.4 Å². The first-order valence-electron chi connectivity index (χ1n) is 7.95. The summed E-state index contributed by atoms with van der Waals surface area (Å²) in [6.07, 6.45) is 0. The van der Waals surface area contributed by atoms with Gasteiger partial charge in [-0.3, -0.25) is 14.8 Å². The van der Waals surface area contributed by atoms with Gasteiger partial charge in [0.15, 0.2) is 10.8 Å². The number of amides is 1. The third-order valence-electron chi connectivity index (χ3n) is 3.75. The minimum absolute atomic E-state index is 0.211. The first kappa shape index (κ1) is 17.2. The fourth-order valence-corrected chi connectivity index (χ4v) is 3.22. The molecule has 0 saturated heterocycles. The molecule has 1 aromatic carbocycles. The third kappa shape index (κ3) is 3.71. The maximum absolute atomic E-state index is 12.4. The molecule has 0 aliphatic carbocycles. The summed E-state index contributed by atoms with van der Waals surface area (Å²) in [5.41, 5.74) is 3.13. The number of aryl methyl sites for hydroxylation is 1. The van der Waals surface area contributed by atoms with Crippen LogP contribution in [0.5, 0.6) is 5.75 Å². The average Bonchev–Trinajstić information content (AvgIpc) is 3.21. The monoisotopic (exact) mass is 356 g/mol. The van der Waals surface area contributed by atoms with Gasteiger partial charge >= 0.3 is 0 Å². The topological polar surface area (TPSA) is 69.0 Å². The van der Waals surface area contributed by atoms with Gasteiger partial charge in [0.1, 0.15) is 5.75 Å². The van der Waals surface area contributed by atoms with Crippen molar-refractivity contribution in [1.29, 1.82) is 0 Å². The lowest BCUT2D eigenvalue weighted by atomic mass is 10.2. The number of aromatic nitrogens is 3. The number of anilines is 1. The van der Waals surface area contributed by atoms with Gasteiger partial charge in [-0.2, -0.15) is 5.10 Å². The van der Waals surface area contributed by atoms with E-state index in [4.69, 9.17) is 4.74 Å². The third-order valence-corrected chi connectivity index (χ3v) is 4.51. The molecule has 0 aliphatic heterocycles. The molecule has 0 fully saturated rings. The predicted octanol–water partition coefficient (Wildman–Crippen LogP) is 4.16. The zero-order valence-electron chi connectivity index (χ0n) is 14.6. The molecule has 0 radical (unpaired) electrons. The van der Waals surface area contributed by atoms with Crippen LogP contribution in [0, 0.1) is 6.92 Å². The van der Waals surface area contributed by atoms with Gasteiger partial charge in [0, 0.05) is 22.7 Å². The molecule has 25 heavy (non-hydrogen) atoms. The normalized spacial score (nSPS) is 10.9. The number of hydrogen-bond acceptors (Lipinski definition) is 5. The quantitative estimate of drug-likeness (QED) is 0.745. The Morgan fingerprint density at radius 3 is 2.60 bits per heavy atom. The number of ether oxygens (including phenoxy) is 1. The summed E-state index contributed by atoms with van der Waals surface area (Å²) in [6, 6.07) is 9.64. The van der Waals surface area contributed by atoms with E-state index in [0.29, 0.717) is 10.8 Å². The number of rotatable bonds is 5. The van der Waals surface area contributed by atoms with Crippen LogP contribution in [0.15, 0.2) is 35.7 Å². The molecule has 1 amide bonds. The van der Waals surface area contributed by atoms with Crippen molar-refractivity contribution >= 4 is 22.4 Å². The van der Waals surface area contributed by atoms with Crippen molar-refractivity contribution in [3.63, 3.8) is 0 Å². The molecule has 0 bridgehead atoms. The number of carbonyl (C=O) groups is 1. The summed E-state index contributed by atoms with van der Waals surface area (Å²) >= 11 is 1.39. The summed E-state index contributed by atoms with van der Waals surface area (Å²) in [4.78, 5) is 16.9. The average molecular weight is 356 g/mol. The smallest absolute Gasteiger partial charge is 0.277 e. The Kier molecular flexibility index (Phi) is 4.85. The number of benzene rings is 1. The Balaban J connectivity index is 1.74. The first-order chi connectivity index (χ1) is 12.0. The number of nitrogens with one attached hydrogen (secondary N) is 1. The molecule has 7 heteroatoms. The van der Waals surface area contributed by atoms with Crippen molar-refractivity contribution in [3.05, 3.63) is 47.1 Å². The van der Waals surface area contributed by atoms with Gasteiger partial charge in [0.05, 0.1) is 12.8 Å². The minimum Gasteiger partial charge on any atom is -0.497 e. The van der Waals surface area contributed by atoms with Gasteiger partial charge in [0.2, 0.25) is 0 Å². The summed E-state index contributed by atoms with van der Waals surface area (Å²) in [7, 11) is 1.63. The van der Waals surface area contributed by atoms with Crippen LogP contribution in [0.1, 0.15) is 36.1 Å². The van der Waals surface area contributed by atoms with Gasteiger partial charge in [-0.05, 0) is 51.1 Å². The lowest BCUT2D eigenvalue weighted by Gasteiger charge is -2.06. The van der Waals surface area contributed by atoms with Gasteiger partial charge in [-0.15, -0.1) is 11.3 Å². The molecule has 2 aromatic heterocycles. The Morgan fingerprint density at radius 2 is 2.00 bits per heavy atom. The molecule has 0 spiro atoms. The molecule has 0 unspecified atom stereocenters. The number of methoxy groups -OCH3 is 1. The zero-order chi connectivity index (χ0) is 18.0. The van der Waals surface area contributed by atoms with Gasteiger partial charge < -0.3 is 4.74 Å². The zero-order valence-corrected chi connectivity index (χ0v) is 15.4. The van der Waals surface area contributed by atoms with E-state index in [2.05, 4.69) is 15.4 Å². The van der Waals surface area contributed by atoms with Gasteiger partial charge in [-0.1, -0.05) is 0 Å². The van der Waals surface area contributed by atoms with Crippen LogP contribution in [0.2, 0.25) is 0 Å². The second kappa shape index (κ2) is 7.06. The van der Waals surface area contributed by atoms with E-state index in [0.717, 1.165) is 22.7 Å². The van der Waals surface area contributed by atoms with Gasteiger partial charge in [0.25, 0.3) is 5.91 Å². The van der Waals surface area contributed by atoms with Crippen molar-refractivity contribution in [2.45, 2.75) is 26.8 Å². The summed E-state index contributed by atoms with van der Waals surface area (Å²) in [6.45, 7) is 6.00. The number of nitrogens with zero attached hydrogens (tertiary/aromatic N) is 3. The van der Waals surface area contributed by atoms with Gasteiger partial charge in [-0.25, -0.2) is 4.98 Å². The van der Waals surface area contributed by atoms with Crippen LogP contribution in [-0.2, 0) is 0 Å². The van der Waals surface area contributed by atoms with Crippen molar-refractivity contribution in [2.24, 2.45) is 0 Å². The summed E-state index contributed by atoms with van der Waals surface area (Å²) < 4.78 is 6.99. The predicted molar refractivity (Wildman–Crippen MR) is 99.4 cm³/mol. The highest BCUT2D eigenvalue weighted by atomic mass is 32.1. The molecule has 1 N–H and O–H groups in total. The van der Waals surface area contributed by atoms with E-state index in [1.165, 1.54) is 11.3 Å². The lowest BCUT2D eigenvalue weighted by molar-refractivity contribution is 0.102. The highest BCUT2D eigenvalue weighted by Crippen LogP contribution is 2.26. The Morgan fingerprint density at radius 1 is 1.28 bits per heavy atom. The molecule has 3 rings (SSSR count). The Labute approximate surface area is 150 Å². The molecule has 130 valence electrons. The van der Waals surface area contributed by atoms with Crippen LogP contribution < -0.4 is 10.1 Å². The molecule has 3 aromatic rings. The highest BCUT2D eigenvalue weighted by Gasteiger charge is 2.15. The van der Waals surface area contributed by atoms with E-state index in [1.807, 2.05) is 55.1 Å². The molecule has 0 saturated carbocycles. The second-order valence-electron chi connectivity index (χ2n) is 5.93. The number of thiazole rings is 1. The SMILES string of the molecule is COc1ccc(-c2csc(NC(=O)c3cc(C)n(C(C)C)n3)n2)cc1. The maximum Gasteiger partial charge on any atom is 0.277 e. The van der Waals surface area contributed by atoms with E-state index >= 15 is 0 Å². The largest absolute Gasteiger partial charge is 0.497 e. The van der Waals surface area contributed by atoms with Crippen molar-refractivity contribution < 1.29 is 9.53 Å².